The van der Waals surface area contributed by atoms with Crippen molar-refractivity contribution < 1.29 is 23.1 Å². The average molecular weight is 362 g/mol. The van der Waals surface area contributed by atoms with Crippen LogP contribution in [0.4, 0.5) is 8.78 Å². The molecule has 0 spiro atoms. The van der Waals surface area contributed by atoms with E-state index in [9.17, 15) is 18.4 Å². The zero-order valence-electron chi connectivity index (χ0n) is 14.5. The maximum absolute atomic E-state index is 13.2. The Hall–Kier alpha value is -2.80. The Kier molecular flexibility index (Phi) is 6.80. The van der Waals surface area contributed by atoms with E-state index in [1.807, 2.05) is 0 Å². The minimum absolute atomic E-state index is 0.0282. The smallest absolute Gasteiger partial charge is 0.337 e. The fraction of sp³-hybridized carbons (Fsp3) is 0.263. The molecule has 1 atom stereocenters. The van der Waals surface area contributed by atoms with E-state index in [-0.39, 0.29) is 18.5 Å². The van der Waals surface area contributed by atoms with E-state index in [4.69, 9.17) is 0 Å². The monoisotopic (exact) mass is 362 g/mol. The van der Waals surface area contributed by atoms with Gasteiger partial charge in [-0.2, -0.15) is 0 Å². The lowest BCUT2D eigenvalue weighted by Crippen LogP contribution is -2.34. The first-order valence-electron chi connectivity index (χ1n) is 8.03. The van der Waals surface area contributed by atoms with Gasteiger partial charge in [0, 0.05) is 12.6 Å². The molecule has 0 saturated heterocycles. The second-order valence-corrected chi connectivity index (χ2v) is 5.74. The molecule has 1 amide bonds. The summed E-state index contributed by atoms with van der Waals surface area (Å²) in [4.78, 5) is 23.3. The van der Waals surface area contributed by atoms with E-state index in [0.29, 0.717) is 17.7 Å². The number of ether oxygens (including phenoxy) is 1. The maximum atomic E-state index is 13.2. The SMILES string of the molecule is COC(=O)c1ccc(CNC(=O)CN[C@H](C)c2ccc(F)c(F)c2)cc1. The van der Waals surface area contributed by atoms with Crippen LogP contribution in [0.5, 0.6) is 0 Å². The molecule has 2 rings (SSSR count). The number of rotatable bonds is 7. The largest absolute Gasteiger partial charge is 0.465 e. The van der Waals surface area contributed by atoms with Crippen molar-refractivity contribution >= 4 is 11.9 Å². The van der Waals surface area contributed by atoms with Crippen molar-refractivity contribution in [1.29, 1.82) is 0 Å². The van der Waals surface area contributed by atoms with Crippen LogP contribution in [0.2, 0.25) is 0 Å². The summed E-state index contributed by atoms with van der Waals surface area (Å²) in [6.45, 7) is 2.09. The predicted octanol–water partition coefficient (Wildman–Crippen LogP) is 2.72. The van der Waals surface area contributed by atoms with Gasteiger partial charge in [0.05, 0.1) is 19.2 Å². The molecule has 2 aromatic carbocycles. The quantitative estimate of drug-likeness (QED) is 0.744. The van der Waals surface area contributed by atoms with Gasteiger partial charge in [0.1, 0.15) is 0 Å². The standard InChI is InChI=1S/C19H20F2N2O3/c1-12(15-7-8-16(20)17(21)9-15)22-11-18(24)23-10-13-3-5-14(6-4-13)19(25)26-2/h3-9,12,22H,10-11H2,1-2H3,(H,23,24)/t12-/m1/s1. The van der Waals surface area contributed by atoms with Gasteiger partial charge >= 0.3 is 5.97 Å². The van der Waals surface area contributed by atoms with E-state index in [0.717, 1.165) is 17.7 Å². The first kappa shape index (κ1) is 19.5. The van der Waals surface area contributed by atoms with Crippen LogP contribution in [0.3, 0.4) is 0 Å². The van der Waals surface area contributed by atoms with Crippen molar-refractivity contribution in [2.75, 3.05) is 13.7 Å². The third kappa shape index (κ3) is 5.35. The van der Waals surface area contributed by atoms with Crippen LogP contribution in [0.15, 0.2) is 42.5 Å². The van der Waals surface area contributed by atoms with Crippen LogP contribution >= 0.6 is 0 Å². The molecule has 0 aliphatic heterocycles. The van der Waals surface area contributed by atoms with Gasteiger partial charge in [-0.15, -0.1) is 0 Å². The zero-order valence-corrected chi connectivity index (χ0v) is 14.5. The minimum Gasteiger partial charge on any atom is -0.465 e. The molecule has 0 unspecified atom stereocenters. The fourth-order valence-corrected chi connectivity index (χ4v) is 2.29. The number of esters is 1. The van der Waals surface area contributed by atoms with Crippen molar-refractivity contribution in [3.05, 3.63) is 70.8 Å². The molecule has 0 bridgehead atoms. The highest BCUT2D eigenvalue weighted by Crippen LogP contribution is 2.15. The highest BCUT2D eigenvalue weighted by Gasteiger charge is 2.11. The topological polar surface area (TPSA) is 67.4 Å². The Balaban J connectivity index is 1.79. The molecule has 0 fully saturated rings. The molecule has 0 aliphatic carbocycles. The lowest BCUT2D eigenvalue weighted by atomic mass is 10.1. The van der Waals surface area contributed by atoms with Crippen molar-refractivity contribution in [1.82, 2.24) is 10.6 Å². The Morgan fingerprint density at radius 1 is 1.08 bits per heavy atom. The van der Waals surface area contributed by atoms with E-state index >= 15 is 0 Å². The summed E-state index contributed by atoms with van der Waals surface area (Å²) >= 11 is 0. The molecule has 2 N–H and O–H groups in total. The van der Waals surface area contributed by atoms with Crippen molar-refractivity contribution in [2.24, 2.45) is 0 Å². The fourth-order valence-electron chi connectivity index (χ4n) is 2.29. The summed E-state index contributed by atoms with van der Waals surface area (Å²) in [6, 6.07) is 10.0. The van der Waals surface area contributed by atoms with E-state index in [1.165, 1.54) is 13.2 Å². The third-order valence-electron chi connectivity index (χ3n) is 3.88. The number of benzene rings is 2. The van der Waals surface area contributed by atoms with Crippen molar-refractivity contribution in [2.45, 2.75) is 19.5 Å². The van der Waals surface area contributed by atoms with Crippen LogP contribution < -0.4 is 10.6 Å². The molecule has 138 valence electrons. The molecule has 0 heterocycles. The van der Waals surface area contributed by atoms with Crippen LogP contribution in [0, 0.1) is 11.6 Å². The summed E-state index contributed by atoms with van der Waals surface area (Å²) < 4.78 is 30.8. The molecule has 7 heteroatoms. The Morgan fingerprint density at radius 2 is 1.77 bits per heavy atom. The lowest BCUT2D eigenvalue weighted by Gasteiger charge is -2.14. The van der Waals surface area contributed by atoms with Gasteiger partial charge in [0.2, 0.25) is 5.91 Å². The summed E-state index contributed by atoms with van der Waals surface area (Å²) in [6.07, 6.45) is 0. The van der Waals surface area contributed by atoms with E-state index < -0.39 is 17.6 Å². The first-order chi connectivity index (χ1) is 12.4. The third-order valence-corrected chi connectivity index (χ3v) is 3.88. The number of hydrogen-bond donors (Lipinski definition) is 2. The van der Waals surface area contributed by atoms with Gasteiger partial charge in [-0.05, 0) is 42.3 Å². The number of hydrogen-bond acceptors (Lipinski definition) is 4. The summed E-state index contributed by atoms with van der Waals surface area (Å²) in [5.74, 6) is -2.49. The summed E-state index contributed by atoms with van der Waals surface area (Å²) in [5, 5.41) is 5.69. The molecular weight excluding hydrogens is 342 g/mol. The second-order valence-electron chi connectivity index (χ2n) is 5.74. The van der Waals surface area contributed by atoms with Gasteiger partial charge in [-0.1, -0.05) is 18.2 Å². The molecule has 0 radical (unpaired) electrons. The average Bonchev–Trinajstić information content (AvgIpc) is 2.66. The molecule has 26 heavy (non-hydrogen) atoms. The molecule has 5 nitrogen and oxygen atoms in total. The van der Waals surface area contributed by atoms with Gasteiger partial charge in [-0.25, -0.2) is 13.6 Å². The highest BCUT2D eigenvalue weighted by atomic mass is 19.2. The number of nitrogens with one attached hydrogen (secondary N) is 2. The van der Waals surface area contributed by atoms with Crippen LogP contribution in [0.25, 0.3) is 0 Å². The maximum Gasteiger partial charge on any atom is 0.337 e. The van der Waals surface area contributed by atoms with E-state index in [2.05, 4.69) is 15.4 Å². The second kappa shape index (κ2) is 9.05. The summed E-state index contributed by atoms with van der Waals surface area (Å²) in [7, 11) is 1.31. The van der Waals surface area contributed by atoms with Crippen molar-refractivity contribution in [3.63, 3.8) is 0 Å². The molecule has 0 aromatic heterocycles. The van der Waals surface area contributed by atoms with Crippen molar-refractivity contribution in [3.8, 4) is 0 Å². The highest BCUT2D eigenvalue weighted by molar-refractivity contribution is 5.89. The lowest BCUT2D eigenvalue weighted by molar-refractivity contribution is -0.120. The van der Waals surface area contributed by atoms with Crippen LogP contribution in [-0.2, 0) is 16.1 Å². The normalized spacial score (nSPS) is 11.7. The van der Waals surface area contributed by atoms with Crippen LogP contribution in [0.1, 0.15) is 34.5 Å². The number of halogens is 2. The number of carbonyl (C=O) groups is 2. The molecule has 0 saturated carbocycles. The van der Waals surface area contributed by atoms with Gasteiger partial charge < -0.3 is 15.4 Å². The molecular formula is C19H20F2N2O3. The molecule has 2 aromatic rings. The molecule has 0 aliphatic rings. The van der Waals surface area contributed by atoms with Gasteiger partial charge in [-0.3, -0.25) is 4.79 Å². The number of amides is 1. The number of methoxy groups -OCH3 is 1. The van der Waals surface area contributed by atoms with Gasteiger partial charge in [0.15, 0.2) is 11.6 Å². The zero-order chi connectivity index (χ0) is 19.1. The first-order valence-corrected chi connectivity index (χ1v) is 8.03. The number of carbonyl (C=O) groups excluding carboxylic acids is 2. The van der Waals surface area contributed by atoms with Gasteiger partial charge in [0.25, 0.3) is 0 Å². The summed E-state index contributed by atoms with van der Waals surface area (Å²) in [5.41, 5.74) is 1.82. The van der Waals surface area contributed by atoms with Crippen LogP contribution in [-0.4, -0.2) is 25.5 Å². The Labute approximate surface area is 150 Å². The Bertz CT molecular complexity index is 779. The predicted molar refractivity (Wildman–Crippen MR) is 92.4 cm³/mol. The Morgan fingerprint density at radius 3 is 2.38 bits per heavy atom. The minimum atomic E-state index is -0.920. The van der Waals surface area contributed by atoms with E-state index in [1.54, 1.807) is 31.2 Å².